The Labute approximate surface area is 111 Å². The molecule has 0 saturated heterocycles. The summed E-state index contributed by atoms with van der Waals surface area (Å²) in [7, 11) is 1.83. The zero-order chi connectivity index (χ0) is 13.8. The molecule has 0 aliphatic rings. The first-order valence-corrected chi connectivity index (χ1v) is 5.89. The van der Waals surface area contributed by atoms with Crippen LogP contribution in [0.1, 0.15) is 18.5 Å². The van der Waals surface area contributed by atoms with Gasteiger partial charge in [-0.3, -0.25) is 4.98 Å². The smallest absolute Gasteiger partial charge is 0.160 e. The number of hydrazine groups is 1. The van der Waals surface area contributed by atoms with E-state index in [0.29, 0.717) is 17.2 Å². The first-order chi connectivity index (χ1) is 9.13. The molecule has 2 rings (SSSR count). The molecule has 1 atom stereocenters. The zero-order valence-electron chi connectivity index (χ0n) is 10.8. The molecule has 1 heterocycles. The monoisotopic (exact) mass is 261 g/mol. The number of benzene rings is 1. The lowest BCUT2D eigenvalue weighted by molar-refractivity contribution is 0.584. The fourth-order valence-electron chi connectivity index (χ4n) is 1.82. The van der Waals surface area contributed by atoms with Crippen LogP contribution in [-0.2, 0) is 0 Å². The Morgan fingerprint density at radius 2 is 2.05 bits per heavy atom. The Bertz CT molecular complexity index is 560. The maximum Gasteiger partial charge on any atom is 0.160 e. The Morgan fingerprint density at radius 3 is 2.74 bits per heavy atom. The molecule has 0 saturated carbocycles. The van der Waals surface area contributed by atoms with Crippen LogP contribution in [0.3, 0.4) is 0 Å². The number of nitrogens with zero attached hydrogens (tertiary/aromatic N) is 3. The molecular formula is C13H16FN5. The molecule has 0 bridgehead atoms. The number of rotatable bonds is 4. The summed E-state index contributed by atoms with van der Waals surface area (Å²) in [5.74, 6) is 6.15. The lowest BCUT2D eigenvalue weighted by atomic mass is 10.1. The number of halogens is 1. The zero-order valence-corrected chi connectivity index (χ0v) is 10.8. The van der Waals surface area contributed by atoms with E-state index < -0.39 is 0 Å². The highest BCUT2D eigenvalue weighted by Gasteiger charge is 2.17. The molecule has 0 radical (unpaired) electrons. The van der Waals surface area contributed by atoms with Crippen molar-refractivity contribution in [3.63, 3.8) is 0 Å². The SMILES string of the molecule is CC(c1ccccc1F)N(C)c1cncc(NN)n1. The third-order valence-electron chi connectivity index (χ3n) is 3.07. The predicted molar refractivity (Wildman–Crippen MR) is 73.1 cm³/mol. The van der Waals surface area contributed by atoms with Crippen LogP contribution in [0.25, 0.3) is 0 Å². The molecule has 0 spiro atoms. The van der Waals surface area contributed by atoms with Crippen molar-refractivity contribution in [2.24, 2.45) is 5.84 Å². The van der Waals surface area contributed by atoms with Crippen LogP contribution < -0.4 is 16.2 Å². The molecule has 5 nitrogen and oxygen atoms in total. The maximum atomic E-state index is 13.8. The molecule has 0 aliphatic heterocycles. The van der Waals surface area contributed by atoms with Crippen molar-refractivity contribution in [3.8, 4) is 0 Å². The second kappa shape index (κ2) is 5.62. The summed E-state index contributed by atoms with van der Waals surface area (Å²) in [6, 6.07) is 6.53. The van der Waals surface area contributed by atoms with Crippen LogP contribution in [0.15, 0.2) is 36.7 Å². The molecule has 1 aromatic heterocycles. The summed E-state index contributed by atoms with van der Waals surface area (Å²) in [6.07, 6.45) is 3.13. The first kappa shape index (κ1) is 13.2. The minimum atomic E-state index is -0.233. The number of hydrogen-bond donors (Lipinski definition) is 2. The highest BCUT2D eigenvalue weighted by atomic mass is 19.1. The normalized spacial score (nSPS) is 12.0. The van der Waals surface area contributed by atoms with Gasteiger partial charge in [0.15, 0.2) is 5.82 Å². The molecule has 2 aromatic rings. The highest BCUT2D eigenvalue weighted by Crippen LogP contribution is 2.25. The third kappa shape index (κ3) is 2.79. The minimum absolute atomic E-state index is 0.163. The van der Waals surface area contributed by atoms with Gasteiger partial charge >= 0.3 is 0 Å². The van der Waals surface area contributed by atoms with Crippen molar-refractivity contribution in [3.05, 3.63) is 48.0 Å². The van der Waals surface area contributed by atoms with Gasteiger partial charge < -0.3 is 10.3 Å². The van der Waals surface area contributed by atoms with Crippen molar-refractivity contribution in [2.45, 2.75) is 13.0 Å². The van der Waals surface area contributed by atoms with Gasteiger partial charge in [0, 0.05) is 12.6 Å². The van der Waals surface area contributed by atoms with Crippen LogP contribution in [-0.4, -0.2) is 17.0 Å². The number of nitrogens with one attached hydrogen (secondary N) is 1. The fraction of sp³-hybridized carbons (Fsp3) is 0.231. The van der Waals surface area contributed by atoms with Gasteiger partial charge in [0.2, 0.25) is 0 Å². The van der Waals surface area contributed by atoms with E-state index in [1.54, 1.807) is 18.3 Å². The lowest BCUT2D eigenvalue weighted by Gasteiger charge is -2.26. The Morgan fingerprint density at radius 1 is 1.32 bits per heavy atom. The van der Waals surface area contributed by atoms with Crippen LogP contribution >= 0.6 is 0 Å². The molecule has 6 heteroatoms. The lowest BCUT2D eigenvalue weighted by Crippen LogP contribution is -2.24. The Hall–Kier alpha value is -2.21. The van der Waals surface area contributed by atoms with E-state index in [4.69, 9.17) is 5.84 Å². The van der Waals surface area contributed by atoms with Gasteiger partial charge in [0.25, 0.3) is 0 Å². The van der Waals surface area contributed by atoms with Crippen LogP contribution in [0.5, 0.6) is 0 Å². The van der Waals surface area contributed by atoms with Crippen molar-refractivity contribution in [1.29, 1.82) is 0 Å². The van der Waals surface area contributed by atoms with E-state index in [9.17, 15) is 4.39 Å². The predicted octanol–water partition coefficient (Wildman–Crippen LogP) is 2.10. The van der Waals surface area contributed by atoms with Gasteiger partial charge in [-0.25, -0.2) is 15.2 Å². The van der Waals surface area contributed by atoms with E-state index >= 15 is 0 Å². The maximum absolute atomic E-state index is 13.8. The number of hydrogen-bond acceptors (Lipinski definition) is 5. The average molecular weight is 261 g/mol. The molecule has 0 aliphatic carbocycles. The summed E-state index contributed by atoms with van der Waals surface area (Å²) >= 11 is 0. The van der Waals surface area contributed by atoms with Crippen LogP contribution in [0.4, 0.5) is 16.0 Å². The molecule has 0 fully saturated rings. The summed E-state index contributed by atoms with van der Waals surface area (Å²) in [5, 5.41) is 0. The second-order valence-electron chi connectivity index (χ2n) is 4.22. The average Bonchev–Trinajstić information content (AvgIpc) is 2.46. The molecule has 1 aromatic carbocycles. The van der Waals surface area contributed by atoms with Gasteiger partial charge in [-0.1, -0.05) is 18.2 Å². The van der Waals surface area contributed by atoms with Crippen molar-refractivity contribution >= 4 is 11.6 Å². The number of nitrogen functional groups attached to an aromatic ring is 1. The van der Waals surface area contributed by atoms with Gasteiger partial charge in [0.05, 0.1) is 18.4 Å². The summed E-state index contributed by atoms with van der Waals surface area (Å²) in [6.45, 7) is 1.91. The number of anilines is 2. The Balaban J connectivity index is 2.28. The van der Waals surface area contributed by atoms with E-state index in [-0.39, 0.29) is 11.9 Å². The first-order valence-electron chi connectivity index (χ1n) is 5.89. The van der Waals surface area contributed by atoms with Crippen LogP contribution in [0, 0.1) is 5.82 Å². The second-order valence-corrected chi connectivity index (χ2v) is 4.22. The Kier molecular flexibility index (Phi) is 3.91. The van der Waals surface area contributed by atoms with E-state index in [2.05, 4.69) is 15.4 Å². The van der Waals surface area contributed by atoms with Crippen LogP contribution in [0.2, 0.25) is 0 Å². The largest absolute Gasteiger partial charge is 0.351 e. The molecule has 3 N–H and O–H groups in total. The van der Waals surface area contributed by atoms with E-state index in [1.165, 1.54) is 12.3 Å². The molecular weight excluding hydrogens is 245 g/mol. The fourth-order valence-corrected chi connectivity index (χ4v) is 1.82. The molecule has 100 valence electrons. The summed E-state index contributed by atoms with van der Waals surface area (Å²) < 4.78 is 13.8. The topological polar surface area (TPSA) is 67.1 Å². The van der Waals surface area contributed by atoms with Gasteiger partial charge in [-0.05, 0) is 13.0 Å². The van der Waals surface area contributed by atoms with Gasteiger partial charge in [0.1, 0.15) is 11.6 Å². The molecule has 0 amide bonds. The van der Waals surface area contributed by atoms with E-state index in [0.717, 1.165) is 0 Å². The number of nitrogens with two attached hydrogens (primary N) is 1. The third-order valence-corrected chi connectivity index (χ3v) is 3.07. The summed E-state index contributed by atoms with van der Waals surface area (Å²) in [4.78, 5) is 10.1. The summed E-state index contributed by atoms with van der Waals surface area (Å²) in [5.41, 5.74) is 3.05. The molecule has 1 unspecified atom stereocenters. The highest BCUT2D eigenvalue weighted by molar-refractivity contribution is 5.44. The molecule has 19 heavy (non-hydrogen) atoms. The van der Waals surface area contributed by atoms with Crippen molar-refractivity contribution in [2.75, 3.05) is 17.4 Å². The van der Waals surface area contributed by atoms with Gasteiger partial charge in [-0.15, -0.1) is 0 Å². The minimum Gasteiger partial charge on any atom is -0.351 e. The van der Waals surface area contributed by atoms with Crippen molar-refractivity contribution in [1.82, 2.24) is 9.97 Å². The quantitative estimate of drug-likeness (QED) is 0.651. The van der Waals surface area contributed by atoms with E-state index in [1.807, 2.05) is 24.9 Å². The number of aromatic nitrogens is 2. The standard InChI is InChI=1S/C13H16FN5/c1-9(10-5-3-4-6-11(10)14)19(2)13-8-16-7-12(17-13)18-15/h3-9H,15H2,1-2H3,(H,17,18). The van der Waals surface area contributed by atoms with Crippen molar-refractivity contribution < 1.29 is 4.39 Å². The van der Waals surface area contributed by atoms with Gasteiger partial charge in [-0.2, -0.15) is 0 Å².